The molecule has 2 unspecified atom stereocenters. The molecule has 0 aliphatic carbocycles. The Morgan fingerprint density at radius 3 is 2.24 bits per heavy atom. The summed E-state index contributed by atoms with van der Waals surface area (Å²) in [4.78, 5) is 0. The molecule has 0 spiro atoms. The fourth-order valence-corrected chi connectivity index (χ4v) is 2.08. The maximum absolute atomic E-state index is 5.56. The number of benzene rings is 1. The van der Waals surface area contributed by atoms with Crippen molar-refractivity contribution in [1.29, 1.82) is 0 Å². The van der Waals surface area contributed by atoms with Crippen molar-refractivity contribution in [3.8, 4) is 5.75 Å². The molecule has 0 fully saturated rings. The van der Waals surface area contributed by atoms with Crippen LogP contribution in [0.3, 0.4) is 0 Å². The Morgan fingerprint density at radius 2 is 1.82 bits per heavy atom. The SMILES string of the molecule is CCCC(OC)C(NC)c1ccc(OC)cc1. The third-order valence-corrected chi connectivity index (χ3v) is 3.03. The zero-order valence-corrected chi connectivity index (χ0v) is 11.2. The molecule has 0 aromatic heterocycles. The summed E-state index contributed by atoms with van der Waals surface area (Å²) in [6.07, 6.45) is 2.37. The summed E-state index contributed by atoms with van der Waals surface area (Å²) in [6.45, 7) is 2.17. The van der Waals surface area contributed by atoms with Crippen LogP contribution in [-0.4, -0.2) is 27.4 Å². The maximum Gasteiger partial charge on any atom is 0.118 e. The van der Waals surface area contributed by atoms with Crippen LogP contribution in [0, 0.1) is 0 Å². The lowest BCUT2D eigenvalue weighted by atomic mass is 9.98. The Kier molecular flexibility index (Phi) is 6.01. The fraction of sp³-hybridized carbons (Fsp3) is 0.571. The molecule has 0 aliphatic rings. The molecule has 0 aliphatic heterocycles. The van der Waals surface area contributed by atoms with Gasteiger partial charge in [-0.3, -0.25) is 0 Å². The molecule has 0 radical (unpaired) electrons. The maximum atomic E-state index is 5.56. The Morgan fingerprint density at radius 1 is 1.18 bits per heavy atom. The van der Waals surface area contributed by atoms with Crippen molar-refractivity contribution in [2.45, 2.75) is 31.9 Å². The molecule has 3 nitrogen and oxygen atoms in total. The number of ether oxygens (including phenoxy) is 2. The van der Waals surface area contributed by atoms with Gasteiger partial charge in [-0.05, 0) is 31.2 Å². The van der Waals surface area contributed by atoms with Crippen molar-refractivity contribution >= 4 is 0 Å². The largest absolute Gasteiger partial charge is 0.497 e. The van der Waals surface area contributed by atoms with E-state index < -0.39 is 0 Å². The third kappa shape index (κ3) is 3.72. The van der Waals surface area contributed by atoms with Crippen LogP contribution in [-0.2, 0) is 4.74 Å². The summed E-state index contributed by atoms with van der Waals surface area (Å²) in [6, 6.07) is 8.37. The van der Waals surface area contributed by atoms with E-state index in [0.29, 0.717) is 0 Å². The minimum absolute atomic E-state index is 0.207. The average Bonchev–Trinajstić information content (AvgIpc) is 2.39. The number of hydrogen-bond donors (Lipinski definition) is 1. The van der Waals surface area contributed by atoms with E-state index >= 15 is 0 Å². The van der Waals surface area contributed by atoms with Crippen LogP contribution in [0.4, 0.5) is 0 Å². The van der Waals surface area contributed by atoms with E-state index in [2.05, 4.69) is 24.4 Å². The first kappa shape index (κ1) is 14.0. The Labute approximate surface area is 104 Å². The van der Waals surface area contributed by atoms with E-state index in [9.17, 15) is 0 Å². The van der Waals surface area contributed by atoms with Gasteiger partial charge in [0.1, 0.15) is 5.75 Å². The molecule has 0 saturated carbocycles. The molecule has 17 heavy (non-hydrogen) atoms. The monoisotopic (exact) mass is 237 g/mol. The summed E-state index contributed by atoms with van der Waals surface area (Å²) in [5.41, 5.74) is 1.23. The van der Waals surface area contributed by atoms with Gasteiger partial charge in [-0.25, -0.2) is 0 Å². The lowest BCUT2D eigenvalue weighted by Crippen LogP contribution is -2.30. The van der Waals surface area contributed by atoms with Crippen LogP contribution in [0.25, 0.3) is 0 Å². The van der Waals surface area contributed by atoms with Crippen LogP contribution in [0.2, 0.25) is 0 Å². The molecule has 0 bridgehead atoms. The van der Waals surface area contributed by atoms with Crippen molar-refractivity contribution in [3.63, 3.8) is 0 Å². The predicted octanol–water partition coefficient (Wildman–Crippen LogP) is 2.77. The highest BCUT2D eigenvalue weighted by atomic mass is 16.5. The second-order valence-electron chi connectivity index (χ2n) is 4.10. The van der Waals surface area contributed by atoms with E-state index in [1.54, 1.807) is 14.2 Å². The first-order valence-electron chi connectivity index (χ1n) is 6.10. The van der Waals surface area contributed by atoms with E-state index in [-0.39, 0.29) is 12.1 Å². The predicted molar refractivity (Wildman–Crippen MR) is 70.5 cm³/mol. The van der Waals surface area contributed by atoms with Gasteiger partial charge in [-0.2, -0.15) is 0 Å². The van der Waals surface area contributed by atoms with Gasteiger partial charge in [0.25, 0.3) is 0 Å². The summed E-state index contributed by atoms with van der Waals surface area (Å²) < 4.78 is 10.7. The van der Waals surface area contributed by atoms with E-state index in [1.165, 1.54) is 5.56 Å². The molecule has 0 saturated heterocycles. The van der Waals surface area contributed by atoms with Crippen molar-refractivity contribution < 1.29 is 9.47 Å². The molecular weight excluding hydrogens is 214 g/mol. The normalized spacial score (nSPS) is 14.4. The van der Waals surface area contributed by atoms with Gasteiger partial charge in [0.15, 0.2) is 0 Å². The van der Waals surface area contributed by atoms with Crippen molar-refractivity contribution in [2.75, 3.05) is 21.3 Å². The van der Waals surface area contributed by atoms with E-state index in [1.807, 2.05) is 19.2 Å². The van der Waals surface area contributed by atoms with Gasteiger partial charge in [0.2, 0.25) is 0 Å². The smallest absolute Gasteiger partial charge is 0.118 e. The van der Waals surface area contributed by atoms with Crippen LogP contribution < -0.4 is 10.1 Å². The van der Waals surface area contributed by atoms with Gasteiger partial charge in [0.05, 0.1) is 19.3 Å². The highest BCUT2D eigenvalue weighted by Gasteiger charge is 2.20. The molecular formula is C14H23NO2. The minimum atomic E-state index is 0.207. The van der Waals surface area contributed by atoms with E-state index in [4.69, 9.17) is 9.47 Å². The van der Waals surface area contributed by atoms with Gasteiger partial charge < -0.3 is 14.8 Å². The molecule has 3 heteroatoms. The lowest BCUT2D eigenvalue weighted by Gasteiger charge is -2.26. The molecule has 1 aromatic carbocycles. The molecule has 0 amide bonds. The second-order valence-corrected chi connectivity index (χ2v) is 4.10. The topological polar surface area (TPSA) is 30.5 Å². The minimum Gasteiger partial charge on any atom is -0.497 e. The molecule has 1 aromatic rings. The van der Waals surface area contributed by atoms with Crippen LogP contribution in [0.5, 0.6) is 5.75 Å². The van der Waals surface area contributed by atoms with Crippen LogP contribution >= 0.6 is 0 Å². The average molecular weight is 237 g/mol. The lowest BCUT2D eigenvalue weighted by molar-refractivity contribution is 0.0630. The first-order valence-corrected chi connectivity index (χ1v) is 6.10. The summed E-state index contributed by atoms with van der Waals surface area (Å²) in [5.74, 6) is 0.882. The van der Waals surface area contributed by atoms with E-state index in [0.717, 1.165) is 18.6 Å². The molecule has 0 heterocycles. The quantitative estimate of drug-likeness (QED) is 0.791. The molecule has 1 rings (SSSR count). The summed E-state index contributed by atoms with van der Waals surface area (Å²) >= 11 is 0. The Hall–Kier alpha value is -1.06. The first-order chi connectivity index (χ1) is 8.26. The molecule has 2 atom stereocenters. The number of nitrogens with one attached hydrogen (secondary N) is 1. The Balaban J connectivity index is 2.83. The van der Waals surface area contributed by atoms with Crippen molar-refractivity contribution in [1.82, 2.24) is 5.32 Å². The van der Waals surface area contributed by atoms with Gasteiger partial charge in [-0.15, -0.1) is 0 Å². The van der Waals surface area contributed by atoms with Crippen molar-refractivity contribution in [3.05, 3.63) is 29.8 Å². The van der Waals surface area contributed by atoms with Crippen LogP contribution in [0.15, 0.2) is 24.3 Å². The zero-order valence-electron chi connectivity index (χ0n) is 11.2. The third-order valence-electron chi connectivity index (χ3n) is 3.03. The van der Waals surface area contributed by atoms with Gasteiger partial charge in [0, 0.05) is 7.11 Å². The zero-order chi connectivity index (χ0) is 12.7. The fourth-order valence-electron chi connectivity index (χ4n) is 2.08. The standard InChI is InChI=1S/C14H23NO2/c1-5-6-13(17-4)14(15-2)11-7-9-12(16-3)10-8-11/h7-10,13-15H,5-6H2,1-4H3. The van der Waals surface area contributed by atoms with Gasteiger partial charge >= 0.3 is 0 Å². The highest BCUT2D eigenvalue weighted by molar-refractivity contribution is 5.29. The summed E-state index contributed by atoms with van der Waals surface area (Å²) in [7, 11) is 5.42. The highest BCUT2D eigenvalue weighted by Crippen LogP contribution is 2.23. The number of hydrogen-bond acceptors (Lipinski definition) is 3. The number of likely N-dealkylation sites (N-methyl/N-ethyl adjacent to an activating group) is 1. The summed E-state index contributed by atoms with van der Waals surface area (Å²) in [5, 5.41) is 3.33. The van der Waals surface area contributed by atoms with Gasteiger partial charge in [-0.1, -0.05) is 25.5 Å². The number of rotatable bonds is 7. The number of methoxy groups -OCH3 is 2. The Bertz CT molecular complexity index is 311. The molecule has 1 N–H and O–H groups in total. The van der Waals surface area contributed by atoms with Crippen LogP contribution in [0.1, 0.15) is 31.4 Å². The van der Waals surface area contributed by atoms with Crippen molar-refractivity contribution in [2.24, 2.45) is 0 Å². The second kappa shape index (κ2) is 7.30. The molecule has 96 valence electrons.